The van der Waals surface area contributed by atoms with Gasteiger partial charge in [-0.25, -0.2) is 9.37 Å². The van der Waals surface area contributed by atoms with Crippen LogP contribution in [0.5, 0.6) is 0 Å². The molecule has 21 heavy (non-hydrogen) atoms. The lowest BCUT2D eigenvalue weighted by molar-refractivity contribution is 0.0953. The molecule has 0 radical (unpaired) electrons. The number of halogens is 1. The van der Waals surface area contributed by atoms with Gasteiger partial charge in [0.1, 0.15) is 11.6 Å². The summed E-state index contributed by atoms with van der Waals surface area (Å²) in [7, 11) is 0. The van der Waals surface area contributed by atoms with Gasteiger partial charge in [-0.05, 0) is 18.2 Å². The van der Waals surface area contributed by atoms with Crippen LogP contribution in [-0.2, 0) is 6.42 Å². The topological polar surface area (TPSA) is 83.8 Å². The van der Waals surface area contributed by atoms with Crippen molar-refractivity contribution in [3.63, 3.8) is 0 Å². The van der Waals surface area contributed by atoms with Crippen LogP contribution in [0.3, 0.4) is 0 Å². The number of amides is 1. The molecular formula is C15H15FN4O. The number of carbonyl (C=O) groups excluding carboxylic acids is 1. The number of nitrogens with zero attached hydrogens (tertiary/aromatic N) is 1. The molecule has 0 aliphatic carbocycles. The quantitative estimate of drug-likeness (QED) is 0.728. The van der Waals surface area contributed by atoms with E-state index in [1.807, 2.05) is 0 Å². The molecule has 0 bridgehead atoms. The van der Waals surface area contributed by atoms with Crippen molar-refractivity contribution in [1.29, 1.82) is 0 Å². The molecule has 0 spiro atoms. The van der Waals surface area contributed by atoms with Crippen molar-refractivity contribution in [2.45, 2.75) is 6.42 Å². The molecule has 0 aliphatic heterocycles. The normalized spacial score (nSPS) is 9.81. The zero-order valence-electron chi connectivity index (χ0n) is 11.3. The van der Waals surface area contributed by atoms with E-state index in [0.29, 0.717) is 13.0 Å². The first-order valence-electron chi connectivity index (χ1n) is 6.45. The second-order valence-corrected chi connectivity index (χ2v) is 4.24. The fourth-order valence-corrected chi connectivity index (χ4v) is 1.74. The van der Waals surface area contributed by atoms with Crippen molar-refractivity contribution in [3.8, 4) is 11.8 Å². The van der Waals surface area contributed by atoms with Gasteiger partial charge in [0.05, 0.1) is 12.1 Å². The number of aromatic nitrogens is 2. The van der Waals surface area contributed by atoms with Crippen LogP contribution in [0.4, 0.5) is 4.39 Å². The Morgan fingerprint density at radius 2 is 2.33 bits per heavy atom. The lowest BCUT2D eigenvalue weighted by Crippen LogP contribution is -2.26. The number of carbonyl (C=O) groups is 1. The van der Waals surface area contributed by atoms with E-state index < -0.39 is 5.82 Å². The molecule has 0 saturated carbocycles. The maximum atomic E-state index is 13.7. The van der Waals surface area contributed by atoms with Gasteiger partial charge in [-0.2, -0.15) is 0 Å². The summed E-state index contributed by atoms with van der Waals surface area (Å²) in [5.74, 6) is 5.10. The fourth-order valence-electron chi connectivity index (χ4n) is 1.74. The summed E-state index contributed by atoms with van der Waals surface area (Å²) in [5.41, 5.74) is 5.72. The summed E-state index contributed by atoms with van der Waals surface area (Å²) in [5, 5.41) is 2.71. The molecule has 4 N–H and O–H groups in total. The van der Waals surface area contributed by atoms with E-state index in [0.717, 1.165) is 5.82 Å². The first kappa shape index (κ1) is 14.8. The highest BCUT2D eigenvalue weighted by molar-refractivity contribution is 5.94. The molecule has 1 aromatic carbocycles. The number of hydrogen-bond donors (Lipinski definition) is 3. The highest BCUT2D eigenvalue weighted by atomic mass is 19.1. The fraction of sp³-hybridized carbons (Fsp3) is 0.200. The van der Waals surface area contributed by atoms with Gasteiger partial charge in [-0.15, -0.1) is 0 Å². The standard InChI is InChI=1S/C15H15FN4O/c16-13-10-12(4-3-11(13)2-1-6-17)15(21)20-7-5-14-18-8-9-19-14/h3-4,8-10H,5-7,17H2,(H,18,19)(H,20,21). The minimum atomic E-state index is -0.533. The number of H-pyrrole nitrogens is 1. The summed E-state index contributed by atoms with van der Waals surface area (Å²) in [6.45, 7) is 0.581. The molecule has 0 atom stereocenters. The van der Waals surface area contributed by atoms with Crippen LogP contribution in [-0.4, -0.2) is 29.0 Å². The molecule has 2 rings (SSSR count). The molecule has 0 aliphatic rings. The average molecular weight is 286 g/mol. The van der Waals surface area contributed by atoms with Crippen molar-refractivity contribution in [1.82, 2.24) is 15.3 Å². The lowest BCUT2D eigenvalue weighted by Gasteiger charge is -2.05. The summed E-state index contributed by atoms with van der Waals surface area (Å²) in [6, 6.07) is 4.17. The number of nitrogens with one attached hydrogen (secondary N) is 2. The van der Waals surface area contributed by atoms with Gasteiger partial charge in [0.25, 0.3) is 5.91 Å². The Hall–Kier alpha value is -2.65. The third kappa shape index (κ3) is 4.16. The predicted octanol–water partition coefficient (Wildman–Crippen LogP) is 0.831. The van der Waals surface area contributed by atoms with Crippen molar-refractivity contribution >= 4 is 5.91 Å². The van der Waals surface area contributed by atoms with Crippen molar-refractivity contribution in [2.24, 2.45) is 5.73 Å². The Morgan fingerprint density at radius 3 is 3.00 bits per heavy atom. The maximum Gasteiger partial charge on any atom is 0.251 e. The number of imidazole rings is 1. The molecule has 1 heterocycles. The zero-order valence-corrected chi connectivity index (χ0v) is 11.3. The van der Waals surface area contributed by atoms with Crippen LogP contribution in [0.15, 0.2) is 30.6 Å². The molecule has 6 heteroatoms. The lowest BCUT2D eigenvalue weighted by atomic mass is 10.1. The highest BCUT2D eigenvalue weighted by Crippen LogP contribution is 2.09. The minimum Gasteiger partial charge on any atom is -0.352 e. The van der Waals surface area contributed by atoms with E-state index in [9.17, 15) is 9.18 Å². The van der Waals surface area contributed by atoms with E-state index in [4.69, 9.17) is 5.73 Å². The first-order valence-corrected chi connectivity index (χ1v) is 6.45. The SMILES string of the molecule is NCC#Cc1ccc(C(=O)NCCc2ncc[nH]2)cc1F. The van der Waals surface area contributed by atoms with Crippen molar-refractivity contribution in [3.05, 3.63) is 53.4 Å². The highest BCUT2D eigenvalue weighted by Gasteiger charge is 2.08. The van der Waals surface area contributed by atoms with Crippen LogP contribution < -0.4 is 11.1 Å². The van der Waals surface area contributed by atoms with Gasteiger partial charge < -0.3 is 16.0 Å². The van der Waals surface area contributed by atoms with Gasteiger partial charge in [-0.3, -0.25) is 4.79 Å². The van der Waals surface area contributed by atoms with Gasteiger partial charge in [0, 0.05) is 30.9 Å². The maximum absolute atomic E-state index is 13.7. The van der Waals surface area contributed by atoms with Crippen LogP contribution in [0.2, 0.25) is 0 Å². The Bertz CT molecular complexity index is 671. The van der Waals surface area contributed by atoms with Crippen molar-refractivity contribution < 1.29 is 9.18 Å². The monoisotopic (exact) mass is 286 g/mol. The number of hydrogen-bond acceptors (Lipinski definition) is 3. The molecule has 5 nitrogen and oxygen atoms in total. The van der Waals surface area contributed by atoms with Crippen LogP contribution in [0.25, 0.3) is 0 Å². The Morgan fingerprint density at radius 1 is 1.48 bits per heavy atom. The molecular weight excluding hydrogens is 271 g/mol. The third-order valence-corrected chi connectivity index (χ3v) is 2.76. The van der Waals surface area contributed by atoms with Crippen molar-refractivity contribution in [2.75, 3.05) is 13.1 Å². The van der Waals surface area contributed by atoms with Crippen LogP contribution in [0, 0.1) is 17.7 Å². The minimum absolute atomic E-state index is 0.161. The van der Waals surface area contributed by atoms with E-state index in [-0.39, 0.29) is 23.6 Å². The number of nitrogens with two attached hydrogens (primary N) is 1. The molecule has 108 valence electrons. The summed E-state index contributed by atoms with van der Waals surface area (Å²) in [6.07, 6.45) is 3.95. The Balaban J connectivity index is 1.94. The average Bonchev–Trinajstić information content (AvgIpc) is 2.99. The third-order valence-electron chi connectivity index (χ3n) is 2.76. The second kappa shape index (κ2) is 7.22. The van der Waals surface area contributed by atoms with E-state index >= 15 is 0 Å². The largest absolute Gasteiger partial charge is 0.352 e. The summed E-state index contributed by atoms with van der Waals surface area (Å²) < 4.78 is 13.7. The molecule has 2 aromatic rings. The first-order chi connectivity index (χ1) is 10.2. The summed E-state index contributed by atoms with van der Waals surface area (Å²) >= 11 is 0. The smallest absolute Gasteiger partial charge is 0.251 e. The van der Waals surface area contributed by atoms with Crippen LogP contribution >= 0.6 is 0 Å². The van der Waals surface area contributed by atoms with E-state index in [2.05, 4.69) is 27.1 Å². The second-order valence-electron chi connectivity index (χ2n) is 4.24. The Labute approximate surface area is 121 Å². The number of benzene rings is 1. The molecule has 0 fully saturated rings. The molecule has 1 amide bonds. The van der Waals surface area contributed by atoms with Gasteiger partial charge in [0.2, 0.25) is 0 Å². The van der Waals surface area contributed by atoms with Gasteiger partial charge in [-0.1, -0.05) is 11.8 Å². The number of rotatable bonds is 4. The van der Waals surface area contributed by atoms with E-state index in [1.165, 1.54) is 18.2 Å². The Kier molecular flexibility index (Phi) is 5.07. The van der Waals surface area contributed by atoms with Gasteiger partial charge >= 0.3 is 0 Å². The molecule has 1 aromatic heterocycles. The van der Waals surface area contributed by atoms with Crippen LogP contribution in [0.1, 0.15) is 21.7 Å². The molecule has 0 unspecified atom stereocenters. The molecule has 0 saturated heterocycles. The van der Waals surface area contributed by atoms with E-state index in [1.54, 1.807) is 12.4 Å². The summed E-state index contributed by atoms with van der Waals surface area (Å²) in [4.78, 5) is 18.9. The predicted molar refractivity (Wildman–Crippen MR) is 77.0 cm³/mol. The van der Waals surface area contributed by atoms with Gasteiger partial charge in [0.15, 0.2) is 0 Å². The number of aromatic amines is 1. The zero-order chi connectivity index (χ0) is 15.1.